The molecular weight excluding hydrogens is 242 g/mol. The van der Waals surface area contributed by atoms with Gasteiger partial charge in [-0.15, -0.1) is 5.10 Å². The Hall–Kier alpha value is -2.17. The summed E-state index contributed by atoms with van der Waals surface area (Å²) < 4.78 is 5.41. The number of carbonyl (C=O) groups excluding carboxylic acids is 1. The van der Waals surface area contributed by atoms with E-state index in [1.54, 1.807) is 0 Å². The molecule has 0 bridgehead atoms. The van der Waals surface area contributed by atoms with Crippen LogP contribution < -0.4 is 5.32 Å². The van der Waals surface area contributed by atoms with Gasteiger partial charge in [0.15, 0.2) is 0 Å². The van der Waals surface area contributed by atoms with Crippen LogP contribution in [0.2, 0.25) is 0 Å². The van der Waals surface area contributed by atoms with E-state index in [-0.39, 0.29) is 11.9 Å². The molecule has 0 aliphatic carbocycles. The minimum atomic E-state index is -0.0963. The number of hydrogen-bond acceptors (Lipinski definition) is 4. The van der Waals surface area contributed by atoms with E-state index in [2.05, 4.69) is 15.5 Å². The lowest BCUT2D eigenvalue weighted by atomic mass is 10.1. The van der Waals surface area contributed by atoms with Gasteiger partial charge in [-0.1, -0.05) is 36.1 Å². The Labute approximate surface area is 112 Å². The highest BCUT2D eigenvalue weighted by Crippen LogP contribution is 2.20. The van der Waals surface area contributed by atoms with Crippen molar-refractivity contribution in [3.8, 4) is 11.5 Å². The summed E-state index contributed by atoms with van der Waals surface area (Å²) in [6.45, 7) is 4.05. The fourth-order valence-corrected chi connectivity index (χ4v) is 1.61. The minimum absolute atomic E-state index is 0.0963. The highest BCUT2D eigenvalue weighted by atomic mass is 16.4. The van der Waals surface area contributed by atoms with Crippen LogP contribution in [0.15, 0.2) is 28.7 Å². The van der Waals surface area contributed by atoms with Gasteiger partial charge in [0, 0.05) is 12.0 Å². The zero-order chi connectivity index (χ0) is 13.7. The van der Waals surface area contributed by atoms with Crippen molar-refractivity contribution in [3.05, 3.63) is 29.8 Å². The van der Waals surface area contributed by atoms with Crippen LogP contribution in [0.4, 0.5) is 6.01 Å². The van der Waals surface area contributed by atoms with E-state index in [1.165, 1.54) is 0 Å². The molecule has 0 radical (unpaired) electrons. The third-order valence-corrected chi connectivity index (χ3v) is 2.73. The van der Waals surface area contributed by atoms with Crippen molar-refractivity contribution in [3.63, 3.8) is 0 Å². The summed E-state index contributed by atoms with van der Waals surface area (Å²) >= 11 is 0. The average molecular weight is 259 g/mol. The number of aryl methyl sites for hydroxylation is 1. The van der Waals surface area contributed by atoms with E-state index in [0.717, 1.165) is 24.0 Å². The van der Waals surface area contributed by atoms with Gasteiger partial charge in [0.2, 0.25) is 11.8 Å². The summed E-state index contributed by atoms with van der Waals surface area (Å²) in [6, 6.07) is 7.91. The fraction of sp³-hybridized carbons (Fsp3) is 0.357. The molecule has 100 valence electrons. The zero-order valence-electron chi connectivity index (χ0n) is 11.1. The molecule has 0 fully saturated rings. The third-order valence-electron chi connectivity index (χ3n) is 2.73. The third kappa shape index (κ3) is 3.64. The number of nitrogens with zero attached hydrogens (tertiary/aromatic N) is 2. The van der Waals surface area contributed by atoms with E-state index < -0.39 is 0 Å². The van der Waals surface area contributed by atoms with Crippen molar-refractivity contribution in [1.82, 2.24) is 10.2 Å². The standard InChI is InChI=1S/C14H17N3O2/c1-3-4-5-12(18)15-14-17-16-13(19-14)11-8-6-10(2)7-9-11/h6-9H,3-5H2,1-2H3,(H,15,17,18). The molecule has 1 aromatic carbocycles. The maximum Gasteiger partial charge on any atom is 0.322 e. The maximum absolute atomic E-state index is 11.5. The van der Waals surface area contributed by atoms with Gasteiger partial charge in [-0.25, -0.2) is 0 Å². The number of unbranched alkanes of at least 4 members (excludes halogenated alkanes) is 1. The normalized spacial score (nSPS) is 10.4. The maximum atomic E-state index is 11.5. The first-order chi connectivity index (χ1) is 9.19. The highest BCUT2D eigenvalue weighted by Gasteiger charge is 2.10. The van der Waals surface area contributed by atoms with Crippen molar-refractivity contribution in [2.24, 2.45) is 0 Å². The molecule has 0 saturated carbocycles. The van der Waals surface area contributed by atoms with Gasteiger partial charge in [-0.3, -0.25) is 10.1 Å². The van der Waals surface area contributed by atoms with Crippen LogP contribution >= 0.6 is 0 Å². The molecule has 1 aromatic heterocycles. The topological polar surface area (TPSA) is 68.0 Å². The van der Waals surface area contributed by atoms with Gasteiger partial charge < -0.3 is 4.42 Å². The van der Waals surface area contributed by atoms with Gasteiger partial charge >= 0.3 is 6.01 Å². The number of nitrogens with one attached hydrogen (secondary N) is 1. The van der Waals surface area contributed by atoms with Crippen LogP contribution in [0.5, 0.6) is 0 Å². The van der Waals surface area contributed by atoms with Crippen LogP contribution in [0.3, 0.4) is 0 Å². The number of amides is 1. The zero-order valence-corrected chi connectivity index (χ0v) is 11.1. The molecule has 1 heterocycles. The lowest BCUT2D eigenvalue weighted by Gasteiger charge is -1.98. The summed E-state index contributed by atoms with van der Waals surface area (Å²) in [5.74, 6) is 0.312. The molecule has 1 N–H and O–H groups in total. The SMILES string of the molecule is CCCCC(=O)Nc1nnc(-c2ccc(C)cc2)o1. The van der Waals surface area contributed by atoms with Crippen LogP contribution in [0.25, 0.3) is 11.5 Å². The molecule has 0 spiro atoms. The first-order valence-corrected chi connectivity index (χ1v) is 6.39. The molecule has 2 aromatic rings. The van der Waals surface area contributed by atoms with Crippen LogP contribution in [-0.4, -0.2) is 16.1 Å². The molecule has 19 heavy (non-hydrogen) atoms. The van der Waals surface area contributed by atoms with Crippen molar-refractivity contribution in [2.45, 2.75) is 33.1 Å². The van der Waals surface area contributed by atoms with E-state index in [4.69, 9.17) is 4.42 Å². The number of hydrogen-bond donors (Lipinski definition) is 1. The van der Waals surface area contributed by atoms with Gasteiger partial charge in [-0.2, -0.15) is 0 Å². The van der Waals surface area contributed by atoms with Crippen LogP contribution in [0.1, 0.15) is 31.7 Å². The van der Waals surface area contributed by atoms with E-state index in [1.807, 2.05) is 38.1 Å². The van der Waals surface area contributed by atoms with Crippen LogP contribution in [0, 0.1) is 6.92 Å². The molecule has 0 aliphatic rings. The Morgan fingerprint density at radius 2 is 2.00 bits per heavy atom. The number of carbonyl (C=O) groups is 1. The lowest BCUT2D eigenvalue weighted by molar-refractivity contribution is -0.116. The predicted molar refractivity (Wildman–Crippen MR) is 72.6 cm³/mol. The predicted octanol–water partition coefficient (Wildman–Crippen LogP) is 3.17. The summed E-state index contributed by atoms with van der Waals surface area (Å²) in [5, 5.41) is 10.3. The lowest BCUT2D eigenvalue weighted by Crippen LogP contribution is -2.11. The summed E-state index contributed by atoms with van der Waals surface area (Å²) in [7, 11) is 0. The Morgan fingerprint density at radius 3 is 2.68 bits per heavy atom. The minimum Gasteiger partial charge on any atom is -0.403 e. The fourth-order valence-electron chi connectivity index (χ4n) is 1.61. The van der Waals surface area contributed by atoms with Gasteiger partial charge in [0.05, 0.1) is 0 Å². The summed E-state index contributed by atoms with van der Waals surface area (Å²) in [4.78, 5) is 11.5. The molecule has 5 nitrogen and oxygen atoms in total. The monoisotopic (exact) mass is 259 g/mol. The molecule has 0 unspecified atom stereocenters. The summed E-state index contributed by atoms with van der Waals surface area (Å²) in [6.07, 6.45) is 2.30. The molecule has 0 saturated heterocycles. The first kappa shape index (κ1) is 13.3. The molecule has 5 heteroatoms. The molecule has 1 amide bonds. The molecule has 0 atom stereocenters. The van der Waals surface area contributed by atoms with Crippen molar-refractivity contribution >= 4 is 11.9 Å². The Morgan fingerprint density at radius 1 is 1.26 bits per heavy atom. The van der Waals surface area contributed by atoms with Gasteiger partial charge in [0.1, 0.15) is 0 Å². The summed E-state index contributed by atoms with van der Waals surface area (Å²) in [5.41, 5.74) is 2.00. The second-order valence-corrected chi connectivity index (χ2v) is 4.43. The quantitative estimate of drug-likeness (QED) is 0.895. The Bertz CT molecular complexity index is 546. The number of anilines is 1. The van der Waals surface area contributed by atoms with Crippen LogP contribution in [-0.2, 0) is 4.79 Å². The Kier molecular flexibility index (Phi) is 4.28. The van der Waals surface area contributed by atoms with E-state index in [9.17, 15) is 4.79 Å². The van der Waals surface area contributed by atoms with E-state index >= 15 is 0 Å². The molecule has 2 rings (SSSR count). The van der Waals surface area contributed by atoms with Gasteiger partial charge in [-0.05, 0) is 25.5 Å². The van der Waals surface area contributed by atoms with Crippen molar-refractivity contribution in [1.29, 1.82) is 0 Å². The Balaban J connectivity index is 2.02. The number of rotatable bonds is 5. The smallest absolute Gasteiger partial charge is 0.322 e. The second kappa shape index (κ2) is 6.13. The largest absolute Gasteiger partial charge is 0.403 e. The molecular formula is C14H17N3O2. The average Bonchev–Trinajstić information content (AvgIpc) is 2.85. The van der Waals surface area contributed by atoms with Crippen molar-refractivity contribution < 1.29 is 9.21 Å². The van der Waals surface area contributed by atoms with Gasteiger partial charge in [0.25, 0.3) is 0 Å². The number of aromatic nitrogens is 2. The number of benzene rings is 1. The first-order valence-electron chi connectivity index (χ1n) is 6.39. The second-order valence-electron chi connectivity index (χ2n) is 4.43. The highest BCUT2D eigenvalue weighted by molar-refractivity contribution is 5.88. The van der Waals surface area contributed by atoms with Crippen molar-refractivity contribution in [2.75, 3.05) is 5.32 Å². The molecule has 0 aliphatic heterocycles. The van der Waals surface area contributed by atoms with E-state index in [0.29, 0.717) is 12.3 Å².